The number of carbonyl (C=O) groups is 1. The van der Waals surface area contributed by atoms with Crippen LogP contribution in [0.15, 0.2) is 52.3 Å². The summed E-state index contributed by atoms with van der Waals surface area (Å²) in [7, 11) is -3.08. The van der Waals surface area contributed by atoms with Gasteiger partial charge in [0, 0.05) is 25.3 Å². The van der Waals surface area contributed by atoms with Crippen molar-refractivity contribution in [2.24, 2.45) is 0 Å². The Morgan fingerprint density at radius 2 is 1.56 bits per heavy atom. The number of anilines is 1. The summed E-state index contributed by atoms with van der Waals surface area (Å²) >= 11 is 0. The average Bonchev–Trinajstić information content (AvgIpc) is 2.63. The van der Waals surface area contributed by atoms with E-state index in [0.717, 1.165) is 4.31 Å². The predicted molar refractivity (Wildman–Crippen MR) is 103 cm³/mol. The van der Waals surface area contributed by atoms with Gasteiger partial charge in [0.05, 0.1) is 9.79 Å². The fourth-order valence-electron chi connectivity index (χ4n) is 2.27. The van der Waals surface area contributed by atoms with E-state index in [9.17, 15) is 21.6 Å². The zero-order chi connectivity index (χ0) is 20.4. The lowest BCUT2D eigenvalue weighted by Gasteiger charge is -2.12. The molecule has 0 aliphatic rings. The lowest BCUT2D eigenvalue weighted by molar-refractivity contribution is 0.102. The Bertz CT molecular complexity index is 1060. The predicted octanol–water partition coefficient (Wildman–Crippen LogP) is 1.41. The van der Waals surface area contributed by atoms with Crippen LogP contribution >= 0.6 is 0 Å². The van der Waals surface area contributed by atoms with E-state index in [1.54, 1.807) is 19.1 Å². The van der Waals surface area contributed by atoms with E-state index in [1.165, 1.54) is 51.5 Å². The smallest absolute Gasteiger partial charge is 0.255 e. The summed E-state index contributed by atoms with van der Waals surface area (Å²) in [6.07, 6.45) is 0. The van der Waals surface area contributed by atoms with Crippen LogP contribution in [0.25, 0.3) is 0 Å². The van der Waals surface area contributed by atoms with Crippen molar-refractivity contribution >= 4 is 31.6 Å². The van der Waals surface area contributed by atoms with Crippen LogP contribution in [0.2, 0.25) is 0 Å². The van der Waals surface area contributed by atoms with E-state index in [4.69, 9.17) is 0 Å². The highest BCUT2D eigenvalue weighted by molar-refractivity contribution is 7.89. The fourth-order valence-corrected chi connectivity index (χ4v) is 4.17. The van der Waals surface area contributed by atoms with Crippen LogP contribution in [0, 0.1) is 6.92 Å². The topological polar surface area (TPSA) is 113 Å². The highest BCUT2D eigenvalue weighted by Crippen LogP contribution is 2.21. The molecule has 0 atom stereocenters. The molecule has 0 unspecified atom stereocenters. The van der Waals surface area contributed by atoms with E-state index in [-0.39, 0.29) is 15.4 Å². The van der Waals surface area contributed by atoms with Crippen LogP contribution in [0.4, 0.5) is 5.69 Å². The van der Waals surface area contributed by atoms with Crippen LogP contribution < -0.4 is 10.0 Å². The number of amides is 1. The third kappa shape index (κ3) is 4.53. The molecule has 8 nitrogen and oxygen atoms in total. The standard InChI is InChI=1S/C17H21N3O5S2/c1-12-5-8-14(11-16(12)26(22,23)18-2)19-17(21)13-6-9-15(10-7-13)27(24,25)20(3)4/h5-11,18H,1-4H3,(H,19,21). The van der Waals surface area contributed by atoms with Gasteiger partial charge in [-0.05, 0) is 55.9 Å². The lowest BCUT2D eigenvalue weighted by Crippen LogP contribution is -2.22. The summed E-state index contributed by atoms with van der Waals surface area (Å²) in [5.41, 5.74) is 1.09. The van der Waals surface area contributed by atoms with E-state index in [1.807, 2.05) is 0 Å². The van der Waals surface area contributed by atoms with Crippen molar-refractivity contribution in [3.05, 3.63) is 53.6 Å². The van der Waals surface area contributed by atoms with Gasteiger partial charge in [-0.3, -0.25) is 4.79 Å². The molecule has 0 aliphatic carbocycles. The normalized spacial score (nSPS) is 12.2. The number of benzene rings is 2. The van der Waals surface area contributed by atoms with Gasteiger partial charge in [0.15, 0.2) is 0 Å². The molecule has 0 saturated heterocycles. The van der Waals surface area contributed by atoms with Crippen LogP contribution in [0.5, 0.6) is 0 Å². The van der Waals surface area contributed by atoms with Crippen molar-refractivity contribution in [3.63, 3.8) is 0 Å². The fraction of sp³-hybridized carbons (Fsp3) is 0.235. The molecule has 0 aliphatic heterocycles. The third-order valence-electron chi connectivity index (χ3n) is 3.90. The molecule has 1 amide bonds. The second kappa shape index (κ2) is 7.77. The first-order chi connectivity index (χ1) is 12.5. The summed E-state index contributed by atoms with van der Waals surface area (Å²) in [5.74, 6) is -0.486. The van der Waals surface area contributed by atoms with Crippen molar-refractivity contribution in [1.29, 1.82) is 0 Å². The molecule has 146 valence electrons. The molecular weight excluding hydrogens is 390 g/mol. The molecule has 0 radical (unpaired) electrons. The highest BCUT2D eigenvalue weighted by Gasteiger charge is 2.18. The minimum absolute atomic E-state index is 0.0650. The molecular formula is C17H21N3O5S2. The average molecular weight is 412 g/mol. The first-order valence-electron chi connectivity index (χ1n) is 7.87. The number of hydrogen-bond acceptors (Lipinski definition) is 5. The minimum Gasteiger partial charge on any atom is -0.322 e. The number of nitrogens with one attached hydrogen (secondary N) is 2. The van der Waals surface area contributed by atoms with E-state index >= 15 is 0 Å². The Labute approximate surface area is 159 Å². The first kappa shape index (κ1) is 21.0. The number of rotatable bonds is 6. The number of aryl methyl sites for hydroxylation is 1. The number of sulfonamides is 2. The molecule has 0 spiro atoms. The van der Waals surface area contributed by atoms with Gasteiger partial charge < -0.3 is 5.32 Å². The van der Waals surface area contributed by atoms with E-state index in [0.29, 0.717) is 11.3 Å². The minimum atomic E-state index is -3.65. The monoisotopic (exact) mass is 411 g/mol. The molecule has 0 saturated carbocycles. The van der Waals surface area contributed by atoms with Crippen molar-refractivity contribution in [3.8, 4) is 0 Å². The molecule has 2 rings (SSSR count). The van der Waals surface area contributed by atoms with Gasteiger partial charge in [-0.2, -0.15) is 0 Å². The molecule has 10 heteroatoms. The molecule has 0 fully saturated rings. The van der Waals surface area contributed by atoms with Crippen molar-refractivity contribution in [2.45, 2.75) is 16.7 Å². The van der Waals surface area contributed by atoms with E-state index < -0.39 is 26.0 Å². The van der Waals surface area contributed by atoms with Crippen molar-refractivity contribution in [2.75, 3.05) is 26.5 Å². The Hall–Kier alpha value is -2.27. The zero-order valence-corrected chi connectivity index (χ0v) is 17.0. The molecule has 2 aromatic rings. The summed E-state index contributed by atoms with van der Waals surface area (Å²) in [6.45, 7) is 1.65. The quantitative estimate of drug-likeness (QED) is 0.746. The summed E-state index contributed by atoms with van der Waals surface area (Å²) in [6, 6.07) is 10.0. The first-order valence-corrected chi connectivity index (χ1v) is 10.8. The zero-order valence-electron chi connectivity index (χ0n) is 15.3. The Balaban J connectivity index is 2.27. The lowest BCUT2D eigenvalue weighted by atomic mass is 10.2. The van der Waals surface area contributed by atoms with E-state index in [2.05, 4.69) is 10.0 Å². The Kier molecular flexibility index (Phi) is 6.05. The number of carbonyl (C=O) groups excluding carboxylic acids is 1. The maximum atomic E-state index is 12.4. The largest absolute Gasteiger partial charge is 0.322 e. The van der Waals surface area contributed by atoms with Gasteiger partial charge in [-0.15, -0.1) is 0 Å². The third-order valence-corrected chi connectivity index (χ3v) is 7.28. The summed E-state index contributed by atoms with van der Waals surface area (Å²) in [5, 5.41) is 2.61. The number of nitrogens with zero attached hydrogens (tertiary/aromatic N) is 1. The summed E-state index contributed by atoms with van der Waals surface area (Å²) < 4.78 is 51.5. The van der Waals surface area contributed by atoms with Gasteiger partial charge in [-0.25, -0.2) is 25.9 Å². The molecule has 2 N–H and O–H groups in total. The Morgan fingerprint density at radius 1 is 0.963 bits per heavy atom. The van der Waals surface area contributed by atoms with Crippen LogP contribution in [-0.2, 0) is 20.0 Å². The van der Waals surface area contributed by atoms with Gasteiger partial charge in [0.25, 0.3) is 5.91 Å². The highest BCUT2D eigenvalue weighted by atomic mass is 32.2. The maximum Gasteiger partial charge on any atom is 0.255 e. The molecule has 0 aromatic heterocycles. The van der Waals surface area contributed by atoms with Crippen molar-refractivity contribution < 1.29 is 21.6 Å². The molecule has 27 heavy (non-hydrogen) atoms. The summed E-state index contributed by atoms with van der Waals surface area (Å²) in [4.78, 5) is 12.5. The number of hydrogen-bond donors (Lipinski definition) is 2. The second-order valence-corrected chi connectivity index (χ2v) is 9.96. The second-order valence-electron chi connectivity index (χ2n) is 5.95. The van der Waals surface area contributed by atoms with Crippen LogP contribution in [0.1, 0.15) is 15.9 Å². The van der Waals surface area contributed by atoms with Crippen molar-refractivity contribution in [1.82, 2.24) is 9.03 Å². The van der Waals surface area contributed by atoms with Gasteiger partial charge >= 0.3 is 0 Å². The van der Waals surface area contributed by atoms with Gasteiger partial charge in [0.1, 0.15) is 0 Å². The molecule has 0 bridgehead atoms. The van der Waals surface area contributed by atoms with Crippen LogP contribution in [-0.4, -0.2) is 48.2 Å². The molecule has 0 heterocycles. The van der Waals surface area contributed by atoms with Crippen LogP contribution in [0.3, 0.4) is 0 Å². The Morgan fingerprint density at radius 3 is 2.07 bits per heavy atom. The maximum absolute atomic E-state index is 12.4. The van der Waals surface area contributed by atoms with Gasteiger partial charge in [-0.1, -0.05) is 6.07 Å². The SMILES string of the molecule is CNS(=O)(=O)c1cc(NC(=O)c2ccc(S(=O)(=O)N(C)C)cc2)ccc1C. The van der Waals surface area contributed by atoms with Gasteiger partial charge in [0.2, 0.25) is 20.0 Å². The molecule has 2 aromatic carbocycles.